The van der Waals surface area contributed by atoms with Crippen LogP contribution in [0.15, 0.2) is 12.1 Å². The molecule has 0 aliphatic carbocycles. The maximum absolute atomic E-state index is 14.1. The lowest BCUT2D eigenvalue weighted by atomic mass is 9.88. The first-order chi connectivity index (χ1) is 7.82. The number of benzene rings is 1. The summed E-state index contributed by atoms with van der Waals surface area (Å²) in [6.45, 7) is 7.63. The first kappa shape index (κ1) is 14.0. The van der Waals surface area contributed by atoms with Crippen molar-refractivity contribution >= 4 is 0 Å². The predicted octanol–water partition coefficient (Wildman–Crippen LogP) is 3.27. The monoisotopic (exact) mass is 239 g/mol. The number of ether oxygens (including phenoxy) is 1. The van der Waals surface area contributed by atoms with Crippen LogP contribution in [0.5, 0.6) is 5.75 Å². The number of alkyl halides is 1. The van der Waals surface area contributed by atoms with Crippen molar-refractivity contribution < 1.29 is 9.13 Å². The van der Waals surface area contributed by atoms with Gasteiger partial charge in [0.1, 0.15) is 11.4 Å². The molecule has 0 amide bonds. The molecule has 0 radical (unpaired) electrons. The number of nitrogens with two attached hydrogens (primary N) is 1. The Bertz CT molecular complexity index is 396. The third-order valence-electron chi connectivity index (χ3n) is 3.11. The summed E-state index contributed by atoms with van der Waals surface area (Å²) in [6, 6.07) is 3.72. The standard InChI is InChI=1S/C14H22FNO/c1-9-6-7-11(14(3,4)15)13(17-5)12(9)10(2)8-16/h6-7,10H,8,16H2,1-5H3. The zero-order valence-corrected chi connectivity index (χ0v) is 11.3. The topological polar surface area (TPSA) is 35.2 Å². The van der Waals surface area contributed by atoms with E-state index in [1.165, 1.54) is 13.8 Å². The third kappa shape index (κ3) is 2.78. The molecular formula is C14H22FNO. The molecule has 0 saturated carbocycles. The minimum Gasteiger partial charge on any atom is -0.496 e. The van der Waals surface area contributed by atoms with E-state index in [0.717, 1.165) is 11.1 Å². The number of hydrogen-bond donors (Lipinski definition) is 1. The smallest absolute Gasteiger partial charge is 0.134 e. The molecule has 0 spiro atoms. The van der Waals surface area contributed by atoms with Crippen molar-refractivity contribution in [1.82, 2.24) is 0 Å². The zero-order valence-electron chi connectivity index (χ0n) is 11.3. The first-order valence-corrected chi connectivity index (χ1v) is 5.89. The number of halogens is 1. The van der Waals surface area contributed by atoms with Crippen molar-refractivity contribution in [2.45, 2.75) is 39.3 Å². The molecule has 1 aromatic carbocycles. The Morgan fingerprint density at radius 2 is 2.00 bits per heavy atom. The highest BCUT2D eigenvalue weighted by Gasteiger charge is 2.27. The second kappa shape index (κ2) is 5.05. The van der Waals surface area contributed by atoms with Crippen molar-refractivity contribution in [2.75, 3.05) is 13.7 Å². The second-order valence-corrected chi connectivity index (χ2v) is 4.99. The summed E-state index contributed by atoms with van der Waals surface area (Å²) in [5.74, 6) is 0.794. The quantitative estimate of drug-likeness (QED) is 0.875. The fourth-order valence-electron chi connectivity index (χ4n) is 2.12. The molecule has 17 heavy (non-hydrogen) atoms. The second-order valence-electron chi connectivity index (χ2n) is 4.99. The van der Waals surface area contributed by atoms with Crippen LogP contribution in [0.25, 0.3) is 0 Å². The van der Waals surface area contributed by atoms with Gasteiger partial charge in [-0.15, -0.1) is 0 Å². The van der Waals surface area contributed by atoms with E-state index in [2.05, 4.69) is 0 Å². The van der Waals surface area contributed by atoms with Crippen molar-refractivity contribution in [2.24, 2.45) is 5.73 Å². The predicted molar refractivity (Wildman–Crippen MR) is 69.3 cm³/mol. The van der Waals surface area contributed by atoms with E-state index in [1.807, 2.05) is 19.9 Å². The normalized spacial score (nSPS) is 13.6. The van der Waals surface area contributed by atoms with Gasteiger partial charge in [-0.3, -0.25) is 0 Å². The largest absolute Gasteiger partial charge is 0.496 e. The Morgan fingerprint density at radius 1 is 1.41 bits per heavy atom. The summed E-state index contributed by atoms with van der Waals surface area (Å²) in [7, 11) is 1.58. The van der Waals surface area contributed by atoms with Gasteiger partial charge in [-0.2, -0.15) is 0 Å². The van der Waals surface area contributed by atoms with Crippen molar-refractivity contribution in [3.8, 4) is 5.75 Å². The van der Waals surface area contributed by atoms with E-state index in [-0.39, 0.29) is 5.92 Å². The highest BCUT2D eigenvalue weighted by atomic mass is 19.1. The van der Waals surface area contributed by atoms with Crippen LogP contribution in [0.1, 0.15) is 43.4 Å². The maximum atomic E-state index is 14.1. The Morgan fingerprint density at radius 3 is 2.41 bits per heavy atom. The van der Waals surface area contributed by atoms with Gasteiger partial charge >= 0.3 is 0 Å². The molecule has 0 aromatic heterocycles. The van der Waals surface area contributed by atoms with Crippen LogP contribution in [0.2, 0.25) is 0 Å². The van der Waals surface area contributed by atoms with Gasteiger partial charge < -0.3 is 10.5 Å². The molecule has 1 atom stereocenters. The van der Waals surface area contributed by atoms with E-state index in [1.54, 1.807) is 13.2 Å². The summed E-state index contributed by atoms with van der Waals surface area (Å²) < 4.78 is 19.5. The van der Waals surface area contributed by atoms with Crippen molar-refractivity contribution in [1.29, 1.82) is 0 Å². The molecular weight excluding hydrogens is 217 g/mol. The number of methoxy groups -OCH3 is 1. The molecule has 0 saturated heterocycles. The van der Waals surface area contributed by atoms with Crippen LogP contribution >= 0.6 is 0 Å². The van der Waals surface area contributed by atoms with E-state index in [0.29, 0.717) is 17.9 Å². The van der Waals surface area contributed by atoms with Gasteiger partial charge in [-0.25, -0.2) is 4.39 Å². The minimum absolute atomic E-state index is 0.159. The first-order valence-electron chi connectivity index (χ1n) is 5.89. The van der Waals surface area contributed by atoms with Gasteiger partial charge in [-0.1, -0.05) is 19.1 Å². The van der Waals surface area contributed by atoms with Crippen LogP contribution < -0.4 is 10.5 Å². The Balaban J connectivity index is 3.47. The molecule has 2 N–H and O–H groups in total. The lowest BCUT2D eigenvalue weighted by Gasteiger charge is -2.24. The molecule has 2 nitrogen and oxygen atoms in total. The Kier molecular flexibility index (Phi) is 4.15. The van der Waals surface area contributed by atoms with Gasteiger partial charge in [0, 0.05) is 11.1 Å². The lowest BCUT2D eigenvalue weighted by Crippen LogP contribution is -2.16. The maximum Gasteiger partial charge on any atom is 0.134 e. The summed E-state index contributed by atoms with van der Waals surface area (Å²) in [5.41, 5.74) is 6.98. The minimum atomic E-state index is -1.41. The molecule has 1 rings (SSSR count). The molecule has 3 heteroatoms. The van der Waals surface area contributed by atoms with Gasteiger partial charge in [-0.05, 0) is 38.8 Å². The summed E-state index contributed by atoms with van der Waals surface area (Å²) in [6.07, 6.45) is 0. The highest BCUT2D eigenvalue weighted by molar-refractivity contribution is 5.50. The van der Waals surface area contributed by atoms with Gasteiger partial charge in [0.05, 0.1) is 7.11 Å². The van der Waals surface area contributed by atoms with E-state index in [9.17, 15) is 4.39 Å². The summed E-state index contributed by atoms with van der Waals surface area (Å²) >= 11 is 0. The molecule has 0 bridgehead atoms. The summed E-state index contributed by atoms with van der Waals surface area (Å²) in [5, 5.41) is 0. The molecule has 0 heterocycles. The van der Waals surface area contributed by atoms with Crippen molar-refractivity contribution in [3.05, 3.63) is 28.8 Å². The van der Waals surface area contributed by atoms with Crippen molar-refractivity contribution in [3.63, 3.8) is 0 Å². The third-order valence-corrected chi connectivity index (χ3v) is 3.11. The zero-order chi connectivity index (χ0) is 13.2. The number of hydrogen-bond acceptors (Lipinski definition) is 2. The molecule has 0 fully saturated rings. The SMILES string of the molecule is COc1c(C(C)(C)F)ccc(C)c1C(C)CN. The van der Waals surface area contributed by atoms with Crippen LogP contribution in [-0.4, -0.2) is 13.7 Å². The van der Waals surface area contributed by atoms with Gasteiger partial charge in [0.2, 0.25) is 0 Å². The fraction of sp³-hybridized carbons (Fsp3) is 0.571. The average Bonchev–Trinajstić information content (AvgIpc) is 2.25. The Labute approximate surface area is 103 Å². The molecule has 1 unspecified atom stereocenters. The fourth-order valence-corrected chi connectivity index (χ4v) is 2.12. The summed E-state index contributed by atoms with van der Waals surface area (Å²) in [4.78, 5) is 0. The number of aryl methyl sites for hydroxylation is 1. The molecule has 1 aromatic rings. The van der Waals surface area contributed by atoms with E-state index < -0.39 is 5.67 Å². The van der Waals surface area contributed by atoms with E-state index in [4.69, 9.17) is 10.5 Å². The highest BCUT2D eigenvalue weighted by Crippen LogP contribution is 2.39. The number of rotatable bonds is 4. The average molecular weight is 239 g/mol. The van der Waals surface area contributed by atoms with Gasteiger partial charge in [0.15, 0.2) is 0 Å². The Hall–Kier alpha value is -1.09. The van der Waals surface area contributed by atoms with Crippen LogP contribution in [0.3, 0.4) is 0 Å². The molecule has 96 valence electrons. The van der Waals surface area contributed by atoms with Crippen LogP contribution in [0, 0.1) is 6.92 Å². The molecule has 0 aliphatic heterocycles. The lowest BCUT2D eigenvalue weighted by molar-refractivity contribution is 0.213. The van der Waals surface area contributed by atoms with E-state index >= 15 is 0 Å². The molecule has 0 aliphatic rings. The van der Waals surface area contributed by atoms with Crippen LogP contribution in [0.4, 0.5) is 4.39 Å². The van der Waals surface area contributed by atoms with Crippen LogP contribution in [-0.2, 0) is 5.67 Å². The van der Waals surface area contributed by atoms with Gasteiger partial charge in [0.25, 0.3) is 0 Å².